The van der Waals surface area contributed by atoms with Crippen LogP contribution in [0.2, 0.25) is 0 Å². The summed E-state index contributed by atoms with van der Waals surface area (Å²) in [6.07, 6.45) is 0.944. The highest BCUT2D eigenvalue weighted by molar-refractivity contribution is 6.38. The number of aromatic nitrogens is 1. The van der Waals surface area contributed by atoms with Gasteiger partial charge in [0.05, 0.1) is 6.04 Å². The van der Waals surface area contributed by atoms with Crippen LogP contribution in [0.25, 0.3) is 10.9 Å². The molecule has 4 atom stereocenters. The molecule has 2 aliphatic heterocycles. The lowest BCUT2D eigenvalue weighted by atomic mass is 9.92. The van der Waals surface area contributed by atoms with Crippen molar-refractivity contribution < 1.29 is 24.0 Å². The molecule has 5 rings (SSSR count). The molecule has 0 bridgehead atoms. The second-order valence-corrected chi connectivity index (χ2v) is 11.6. The molecule has 0 radical (unpaired) electrons. The summed E-state index contributed by atoms with van der Waals surface area (Å²) in [5.41, 5.74) is 2.03. The predicted octanol–water partition coefficient (Wildman–Crippen LogP) is 2.55. The summed E-state index contributed by atoms with van der Waals surface area (Å²) in [6.45, 7) is 5.13. The van der Waals surface area contributed by atoms with E-state index in [0.29, 0.717) is 31.6 Å². The average molecular weight is 572 g/mol. The number of hydrogen-bond acceptors (Lipinski definition) is 5. The number of amides is 4. The molecule has 2 aromatic carbocycles. The lowest BCUT2D eigenvalue weighted by Gasteiger charge is -2.26. The van der Waals surface area contributed by atoms with Gasteiger partial charge < -0.3 is 25.8 Å². The monoisotopic (exact) mass is 571 g/mol. The summed E-state index contributed by atoms with van der Waals surface area (Å²) >= 11 is 0. The second kappa shape index (κ2) is 12.6. The lowest BCUT2D eigenvalue weighted by molar-refractivity contribution is -0.141. The number of ketones is 1. The van der Waals surface area contributed by atoms with Crippen LogP contribution in [-0.2, 0) is 25.7 Å². The van der Waals surface area contributed by atoms with Crippen LogP contribution in [0.3, 0.4) is 0 Å². The Morgan fingerprint density at radius 1 is 1.02 bits per heavy atom. The molecule has 10 nitrogen and oxygen atoms in total. The van der Waals surface area contributed by atoms with E-state index < -0.39 is 35.6 Å². The van der Waals surface area contributed by atoms with E-state index in [1.54, 1.807) is 11.0 Å². The highest BCUT2D eigenvalue weighted by Gasteiger charge is 2.43. The molecule has 0 spiro atoms. The Balaban J connectivity index is 1.34. The van der Waals surface area contributed by atoms with Crippen molar-refractivity contribution in [3.63, 3.8) is 0 Å². The van der Waals surface area contributed by atoms with Gasteiger partial charge in [-0.15, -0.1) is 0 Å². The zero-order valence-corrected chi connectivity index (χ0v) is 23.9. The fourth-order valence-corrected chi connectivity index (χ4v) is 5.85. The highest BCUT2D eigenvalue weighted by atomic mass is 16.2. The topological polar surface area (TPSA) is 140 Å². The van der Waals surface area contributed by atoms with E-state index in [1.807, 2.05) is 54.6 Å². The van der Waals surface area contributed by atoms with E-state index in [1.165, 1.54) is 0 Å². The van der Waals surface area contributed by atoms with Crippen molar-refractivity contribution in [1.82, 2.24) is 25.8 Å². The first kappa shape index (κ1) is 29.0. The standard InChI is InChI=1S/C32H37N5O5/c1-19(2)23-16-27(37(18-23)32(42)26-14-21-10-6-7-11-24(21)35-26)30(40)36-25(15-22-12-13-33-29(22)39)28(38)31(41)34-17-20-8-4-3-5-9-20/h3-11,14,19,22-23,25,27,35H,12-13,15-18H2,1-2H3,(H,33,39)(H,34,41)(H,36,40)/t22-,23?,25-,27-/m0/s1. The SMILES string of the molecule is CC(C)C1C[C@@H](C(=O)N[C@@H](C[C@@H]2CCNC2=O)C(=O)C(=O)NCc2ccccc2)N(C(=O)c2cc3ccccc3[nH]2)C1. The molecular weight excluding hydrogens is 534 g/mol. The first-order valence-corrected chi connectivity index (χ1v) is 14.5. The number of nitrogens with zero attached hydrogens (tertiary/aromatic N) is 1. The van der Waals surface area contributed by atoms with E-state index in [0.717, 1.165) is 16.5 Å². The van der Waals surface area contributed by atoms with Gasteiger partial charge in [0.25, 0.3) is 11.8 Å². The maximum Gasteiger partial charge on any atom is 0.289 e. The summed E-state index contributed by atoms with van der Waals surface area (Å²) in [5, 5.41) is 9.05. The Morgan fingerprint density at radius 3 is 2.45 bits per heavy atom. The van der Waals surface area contributed by atoms with Gasteiger partial charge in [-0.3, -0.25) is 24.0 Å². The highest BCUT2D eigenvalue weighted by Crippen LogP contribution is 2.31. The third-order valence-electron chi connectivity index (χ3n) is 8.44. The number of benzene rings is 2. The number of carbonyl (C=O) groups excluding carboxylic acids is 5. The summed E-state index contributed by atoms with van der Waals surface area (Å²) < 4.78 is 0. The first-order chi connectivity index (χ1) is 20.2. The molecule has 2 fully saturated rings. The van der Waals surface area contributed by atoms with Gasteiger partial charge in [-0.1, -0.05) is 62.4 Å². The first-order valence-electron chi connectivity index (χ1n) is 14.5. The maximum atomic E-state index is 13.8. The van der Waals surface area contributed by atoms with Gasteiger partial charge in [0.2, 0.25) is 17.6 Å². The second-order valence-electron chi connectivity index (χ2n) is 11.6. The molecular formula is C32H37N5O5. The number of H-pyrrole nitrogens is 1. The van der Waals surface area contributed by atoms with Crippen LogP contribution in [0.4, 0.5) is 0 Å². The number of fused-ring (bicyclic) bond motifs is 1. The normalized spacial score (nSPS) is 20.9. The number of likely N-dealkylation sites (tertiary alicyclic amines) is 1. The van der Waals surface area contributed by atoms with Crippen molar-refractivity contribution in [3.05, 3.63) is 71.9 Å². The van der Waals surface area contributed by atoms with Gasteiger partial charge in [-0.25, -0.2) is 0 Å². The molecule has 1 unspecified atom stereocenters. The van der Waals surface area contributed by atoms with Crippen molar-refractivity contribution in [2.75, 3.05) is 13.1 Å². The molecule has 4 N–H and O–H groups in total. The third-order valence-corrected chi connectivity index (χ3v) is 8.44. The van der Waals surface area contributed by atoms with Crippen LogP contribution in [0, 0.1) is 17.8 Å². The lowest BCUT2D eigenvalue weighted by Crippen LogP contribution is -2.54. The number of hydrogen-bond donors (Lipinski definition) is 4. The van der Waals surface area contributed by atoms with E-state index in [9.17, 15) is 24.0 Å². The number of carbonyl (C=O) groups is 5. The minimum atomic E-state index is -1.20. The van der Waals surface area contributed by atoms with E-state index in [4.69, 9.17) is 0 Å². The number of nitrogens with one attached hydrogen (secondary N) is 4. The van der Waals surface area contributed by atoms with Gasteiger partial charge in [-0.05, 0) is 48.8 Å². The minimum absolute atomic E-state index is 0.00541. The largest absolute Gasteiger partial charge is 0.356 e. The van der Waals surface area contributed by atoms with Crippen LogP contribution < -0.4 is 16.0 Å². The van der Waals surface area contributed by atoms with Crippen molar-refractivity contribution in [2.24, 2.45) is 17.8 Å². The molecule has 3 aromatic rings. The van der Waals surface area contributed by atoms with Crippen molar-refractivity contribution in [1.29, 1.82) is 0 Å². The molecule has 3 heterocycles. The van der Waals surface area contributed by atoms with Crippen LogP contribution in [0.5, 0.6) is 0 Å². The summed E-state index contributed by atoms with van der Waals surface area (Å²) in [4.78, 5) is 70.9. The number of aromatic amines is 1. The Hall–Kier alpha value is -4.47. The molecule has 0 saturated carbocycles. The van der Waals surface area contributed by atoms with E-state index in [-0.39, 0.29) is 36.6 Å². The Kier molecular flexibility index (Phi) is 8.70. The molecule has 10 heteroatoms. The van der Waals surface area contributed by atoms with Gasteiger partial charge >= 0.3 is 0 Å². The van der Waals surface area contributed by atoms with Crippen LogP contribution >= 0.6 is 0 Å². The zero-order chi connectivity index (χ0) is 29.8. The summed E-state index contributed by atoms with van der Waals surface area (Å²) in [6, 6.07) is 16.5. The molecule has 2 saturated heterocycles. The Bertz CT molecular complexity index is 1450. The third kappa shape index (κ3) is 6.37. The fourth-order valence-electron chi connectivity index (χ4n) is 5.85. The van der Waals surface area contributed by atoms with Crippen LogP contribution in [0.1, 0.15) is 49.2 Å². The van der Waals surface area contributed by atoms with Crippen LogP contribution in [-0.4, -0.2) is 64.5 Å². The summed E-state index contributed by atoms with van der Waals surface area (Å²) in [5.74, 6) is -2.85. The molecule has 0 aliphatic carbocycles. The van der Waals surface area contributed by atoms with Gasteiger partial charge in [0.15, 0.2) is 0 Å². The maximum absolute atomic E-state index is 13.8. The molecule has 4 amide bonds. The molecule has 2 aliphatic rings. The Labute approximate surface area is 244 Å². The number of Topliss-reactive ketones (excluding diaryl/α,β-unsaturated/α-hetero) is 1. The minimum Gasteiger partial charge on any atom is -0.356 e. The summed E-state index contributed by atoms with van der Waals surface area (Å²) in [7, 11) is 0. The van der Waals surface area contributed by atoms with Crippen molar-refractivity contribution in [2.45, 2.75) is 51.7 Å². The number of rotatable bonds is 10. The molecule has 1 aromatic heterocycles. The molecule has 42 heavy (non-hydrogen) atoms. The van der Waals surface area contributed by atoms with Gasteiger partial charge in [0, 0.05) is 36.5 Å². The number of para-hydroxylation sites is 1. The van der Waals surface area contributed by atoms with E-state index in [2.05, 4.69) is 34.8 Å². The zero-order valence-electron chi connectivity index (χ0n) is 23.9. The smallest absolute Gasteiger partial charge is 0.289 e. The predicted molar refractivity (Wildman–Crippen MR) is 157 cm³/mol. The molecule has 220 valence electrons. The average Bonchev–Trinajstić information content (AvgIpc) is 3.73. The Morgan fingerprint density at radius 2 is 1.76 bits per heavy atom. The van der Waals surface area contributed by atoms with Crippen LogP contribution in [0.15, 0.2) is 60.7 Å². The quantitative estimate of drug-likeness (QED) is 0.277. The van der Waals surface area contributed by atoms with Crippen molar-refractivity contribution >= 4 is 40.3 Å². The fraction of sp³-hybridized carbons (Fsp3) is 0.406. The van der Waals surface area contributed by atoms with E-state index >= 15 is 0 Å². The van der Waals surface area contributed by atoms with Gasteiger partial charge in [0.1, 0.15) is 11.7 Å². The van der Waals surface area contributed by atoms with Crippen molar-refractivity contribution in [3.8, 4) is 0 Å². The van der Waals surface area contributed by atoms with Gasteiger partial charge in [-0.2, -0.15) is 0 Å².